The zero-order valence-corrected chi connectivity index (χ0v) is 18.7. The quantitative estimate of drug-likeness (QED) is 0.722. The Balaban J connectivity index is 1.32. The number of para-hydroxylation sites is 1. The topological polar surface area (TPSA) is 99.4 Å². The highest BCUT2D eigenvalue weighted by molar-refractivity contribution is 5.92. The van der Waals surface area contributed by atoms with Gasteiger partial charge in [-0.2, -0.15) is 0 Å². The minimum absolute atomic E-state index is 0.0474. The average Bonchev–Trinajstić information content (AvgIpc) is 3.21. The Labute approximate surface area is 191 Å². The molecule has 2 saturated heterocycles. The summed E-state index contributed by atoms with van der Waals surface area (Å²) in [5.41, 5.74) is 0.158. The lowest BCUT2D eigenvalue weighted by Gasteiger charge is -2.40. The highest BCUT2D eigenvalue weighted by Gasteiger charge is 2.33. The molecule has 2 atom stereocenters. The summed E-state index contributed by atoms with van der Waals surface area (Å²) in [6.07, 6.45) is 0.548. The third-order valence-corrected chi connectivity index (χ3v) is 6.33. The maximum Gasteiger partial charge on any atom is 0.276 e. The lowest BCUT2D eigenvalue weighted by Crippen LogP contribution is -2.54. The second-order valence-electron chi connectivity index (χ2n) is 8.44. The predicted octanol–water partition coefficient (Wildman–Crippen LogP) is 1.52. The molecule has 0 unspecified atom stereocenters. The molecule has 0 radical (unpaired) electrons. The van der Waals surface area contributed by atoms with Crippen molar-refractivity contribution < 1.29 is 28.3 Å². The molecule has 1 aromatic carbocycles. The minimum atomic E-state index is -0.547. The first-order valence-corrected chi connectivity index (χ1v) is 11.2. The molecule has 0 aliphatic carbocycles. The number of ether oxygens (including phenoxy) is 1. The summed E-state index contributed by atoms with van der Waals surface area (Å²) in [6, 6.07) is 7.49. The molecule has 2 aliphatic rings. The number of benzene rings is 1. The predicted molar refractivity (Wildman–Crippen MR) is 116 cm³/mol. The number of carbonyl (C=O) groups is 2. The molecule has 0 spiro atoms. The molecule has 3 heterocycles. The van der Waals surface area contributed by atoms with Gasteiger partial charge in [-0.3, -0.25) is 14.5 Å². The molecule has 1 N–H and O–H groups in total. The number of amides is 2. The van der Waals surface area contributed by atoms with Crippen molar-refractivity contribution in [3.8, 4) is 5.75 Å². The van der Waals surface area contributed by atoms with Gasteiger partial charge < -0.3 is 24.2 Å². The monoisotopic (exact) mass is 460 g/mol. The van der Waals surface area contributed by atoms with E-state index in [2.05, 4.69) is 10.1 Å². The molecule has 9 nitrogen and oxygen atoms in total. The van der Waals surface area contributed by atoms with Crippen LogP contribution in [0, 0.1) is 5.82 Å². The van der Waals surface area contributed by atoms with Crippen molar-refractivity contribution in [3.05, 3.63) is 47.6 Å². The first-order valence-electron chi connectivity index (χ1n) is 11.2. The summed E-state index contributed by atoms with van der Waals surface area (Å²) >= 11 is 0. The molecule has 10 heteroatoms. The van der Waals surface area contributed by atoms with Gasteiger partial charge in [0.05, 0.1) is 6.10 Å². The molecule has 2 amide bonds. The minimum Gasteiger partial charge on any atom is -0.482 e. The zero-order chi connectivity index (χ0) is 23.4. The summed E-state index contributed by atoms with van der Waals surface area (Å²) in [4.78, 5) is 30.2. The summed E-state index contributed by atoms with van der Waals surface area (Å²) in [5, 5.41) is 14.6. The molecule has 1 aromatic heterocycles. The van der Waals surface area contributed by atoms with Gasteiger partial charge in [0.15, 0.2) is 23.0 Å². The Morgan fingerprint density at radius 1 is 1.12 bits per heavy atom. The highest BCUT2D eigenvalue weighted by Crippen LogP contribution is 2.22. The van der Waals surface area contributed by atoms with Crippen LogP contribution in [0.5, 0.6) is 5.75 Å². The van der Waals surface area contributed by atoms with E-state index in [-0.39, 0.29) is 35.9 Å². The molecule has 0 saturated carbocycles. The largest absolute Gasteiger partial charge is 0.482 e. The Morgan fingerprint density at radius 3 is 2.58 bits per heavy atom. The van der Waals surface area contributed by atoms with E-state index in [1.165, 1.54) is 18.2 Å². The normalized spacial score (nSPS) is 22.2. The first kappa shape index (κ1) is 23.2. The van der Waals surface area contributed by atoms with Crippen LogP contribution < -0.4 is 4.74 Å². The number of hydrogen-bond donors (Lipinski definition) is 1. The van der Waals surface area contributed by atoms with Crippen molar-refractivity contribution in [3.63, 3.8) is 0 Å². The third-order valence-electron chi connectivity index (χ3n) is 6.33. The number of carbonyl (C=O) groups excluding carboxylic acids is 2. The van der Waals surface area contributed by atoms with Gasteiger partial charge in [0.2, 0.25) is 5.91 Å². The third kappa shape index (κ3) is 5.51. The SMILES string of the molecule is CC(=O)N1CCN([C@H]2CCN(C(=O)c3cc(COc4ccccc4F)on3)CC[C@@H]2O)CC1. The van der Waals surface area contributed by atoms with Crippen LogP contribution in [0.4, 0.5) is 4.39 Å². The summed E-state index contributed by atoms with van der Waals surface area (Å²) in [5.74, 6) is -0.269. The van der Waals surface area contributed by atoms with E-state index < -0.39 is 11.9 Å². The number of aromatic nitrogens is 1. The van der Waals surface area contributed by atoms with Gasteiger partial charge in [-0.25, -0.2) is 4.39 Å². The van der Waals surface area contributed by atoms with Crippen molar-refractivity contribution in [1.29, 1.82) is 0 Å². The van der Waals surface area contributed by atoms with E-state index in [1.54, 1.807) is 24.0 Å². The standard InChI is InChI=1S/C23H29FN4O5/c1-16(29)26-10-12-27(13-11-26)20-6-8-28(9-7-21(20)30)23(31)19-14-17(33-25-19)15-32-22-5-3-2-4-18(22)24/h2-5,14,20-21,30H,6-13,15H2,1H3/t20-,21-/m0/s1. The molecular weight excluding hydrogens is 431 g/mol. The lowest BCUT2D eigenvalue weighted by molar-refractivity contribution is -0.131. The number of hydrogen-bond acceptors (Lipinski definition) is 7. The molecule has 33 heavy (non-hydrogen) atoms. The number of piperazine rings is 1. The van der Waals surface area contributed by atoms with Gasteiger partial charge in [-0.05, 0) is 25.0 Å². The fourth-order valence-electron chi connectivity index (χ4n) is 4.42. The van der Waals surface area contributed by atoms with Crippen LogP contribution >= 0.6 is 0 Å². The smallest absolute Gasteiger partial charge is 0.276 e. The number of nitrogens with zero attached hydrogens (tertiary/aromatic N) is 4. The molecule has 2 aliphatic heterocycles. The van der Waals surface area contributed by atoms with Crippen LogP contribution in [0.2, 0.25) is 0 Å². The van der Waals surface area contributed by atoms with Crippen molar-refractivity contribution in [2.75, 3.05) is 39.3 Å². The average molecular weight is 461 g/mol. The number of halogens is 1. The van der Waals surface area contributed by atoms with Gasteiger partial charge in [-0.15, -0.1) is 0 Å². The van der Waals surface area contributed by atoms with Gasteiger partial charge in [0.25, 0.3) is 5.91 Å². The summed E-state index contributed by atoms with van der Waals surface area (Å²) in [6.45, 7) is 5.15. The maximum atomic E-state index is 13.7. The van der Waals surface area contributed by atoms with E-state index in [0.717, 1.165) is 0 Å². The molecular formula is C23H29FN4O5. The van der Waals surface area contributed by atoms with Crippen molar-refractivity contribution in [2.45, 2.75) is 38.5 Å². The maximum absolute atomic E-state index is 13.7. The van der Waals surface area contributed by atoms with Gasteiger partial charge in [0.1, 0.15) is 6.61 Å². The molecule has 2 fully saturated rings. The number of aliphatic hydroxyl groups is 1. The van der Waals surface area contributed by atoms with Crippen molar-refractivity contribution >= 4 is 11.8 Å². The van der Waals surface area contributed by atoms with Gasteiger partial charge in [-0.1, -0.05) is 17.3 Å². The number of rotatable bonds is 5. The Kier molecular flexibility index (Phi) is 7.24. The van der Waals surface area contributed by atoms with Gasteiger partial charge >= 0.3 is 0 Å². The van der Waals surface area contributed by atoms with Crippen LogP contribution in [-0.4, -0.2) is 88.2 Å². The first-order chi connectivity index (χ1) is 15.9. The van der Waals surface area contributed by atoms with Crippen LogP contribution in [-0.2, 0) is 11.4 Å². The highest BCUT2D eigenvalue weighted by atomic mass is 19.1. The zero-order valence-electron chi connectivity index (χ0n) is 18.7. The summed E-state index contributed by atoms with van der Waals surface area (Å²) < 4.78 is 24.3. The molecule has 4 rings (SSSR count). The summed E-state index contributed by atoms with van der Waals surface area (Å²) in [7, 11) is 0. The number of aliphatic hydroxyl groups excluding tert-OH is 1. The van der Waals surface area contributed by atoms with E-state index in [9.17, 15) is 19.1 Å². The van der Waals surface area contributed by atoms with Crippen LogP contribution in [0.1, 0.15) is 36.0 Å². The Hall–Kier alpha value is -2.98. The Morgan fingerprint density at radius 2 is 1.85 bits per heavy atom. The fraction of sp³-hybridized carbons (Fsp3) is 0.522. The second-order valence-corrected chi connectivity index (χ2v) is 8.44. The van der Waals surface area contributed by atoms with E-state index in [0.29, 0.717) is 57.9 Å². The van der Waals surface area contributed by atoms with Crippen LogP contribution in [0.25, 0.3) is 0 Å². The Bertz CT molecular complexity index is 975. The molecule has 178 valence electrons. The second kappa shape index (κ2) is 10.3. The van der Waals surface area contributed by atoms with Crippen molar-refractivity contribution in [2.24, 2.45) is 0 Å². The fourth-order valence-corrected chi connectivity index (χ4v) is 4.42. The molecule has 2 aromatic rings. The lowest BCUT2D eigenvalue weighted by atomic mass is 10.0. The van der Waals surface area contributed by atoms with Crippen molar-refractivity contribution in [1.82, 2.24) is 19.9 Å². The van der Waals surface area contributed by atoms with Crippen LogP contribution in [0.3, 0.4) is 0 Å². The molecule has 0 bridgehead atoms. The number of likely N-dealkylation sites (tertiary alicyclic amines) is 1. The van der Waals surface area contributed by atoms with Crippen LogP contribution in [0.15, 0.2) is 34.9 Å². The van der Waals surface area contributed by atoms with E-state index in [4.69, 9.17) is 9.26 Å². The van der Waals surface area contributed by atoms with Gasteiger partial charge in [0, 0.05) is 58.3 Å². The van der Waals surface area contributed by atoms with E-state index >= 15 is 0 Å². The van der Waals surface area contributed by atoms with E-state index in [1.807, 2.05) is 4.90 Å².